The van der Waals surface area contributed by atoms with Crippen LogP contribution in [-0.2, 0) is 29.8 Å². The summed E-state index contributed by atoms with van der Waals surface area (Å²) in [4.78, 5) is 0. The van der Waals surface area contributed by atoms with Gasteiger partial charge in [0, 0.05) is 0 Å². The molecule has 0 fully saturated rings. The molecule has 36 heavy (non-hydrogen) atoms. The summed E-state index contributed by atoms with van der Waals surface area (Å²) in [6.45, 7) is 3.35. The minimum absolute atomic E-state index is 0. The Kier molecular flexibility index (Phi) is 12.7. The Bertz CT molecular complexity index is 1390. The third kappa shape index (κ3) is 5.39. The quantitative estimate of drug-likeness (QED) is 0.164. The topological polar surface area (TPSA) is 29.5 Å². The van der Waals surface area contributed by atoms with Gasteiger partial charge in [-0.2, -0.15) is 0 Å². The van der Waals surface area contributed by atoms with E-state index in [4.69, 9.17) is 4.74 Å². The van der Waals surface area contributed by atoms with E-state index in [-0.39, 0.29) is 52.9 Å². The number of aliphatic hydroxyl groups excluding tert-OH is 1. The minimum atomic E-state index is -0.00143. The average molecular weight is 612 g/mol. The summed E-state index contributed by atoms with van der Waals surface area (Å²) in [7, 11) is 0. The molecule has 6 heteroatoms. The van der Waals surface area contributed by atoms with Gasteiger partial charge in [0.1, 0.15) is 6.61 Å². The second-order valence-corrected chi connectivity index (χ2v) is 7.84. The van der Waals surface area contributed by atoms with Crippen LogP contribution < -0.4 is 4.74 Å². The van der Waals surface area contributed by atoms with Gasteiger partial charge in [-0.05, 0) is 34.2 Å². The molecule has 0 atom stereocenters. The molecule has 1 N–H and O–H groups in total. The van der Waals surface area contributed by atoms with E-state index in [0.29, 0.717) is 0 Å². The van der Waals surface area contributed by atoms with Crippen molar-refractivity contribution in [1.29, 1.82) is 0 Å². The molecule has 0 bridgehead atoms. The van der Waals surface area contributed by atoms with Gasteiger partial charge in [0.25, 0.3) is 0 Å². The van der Waals surface area contributed by atoms with Crippen LogP contribution in [0.4, 0.5) is 0 Å². The molecule has 0 saturated carbocycles. The summed E-state index contributed by atoms with van der Waals surface area (Å²) in [6.07, 6.45) is 0.858. The molecular formula is C30H29Cl2O2SiZr-3. The predicted molar refractivity (Wildman–Crippen MR) is 156 cm³/mol. The van der Waals surface area contributed by atoms with E-state index in [1.54, 1.807) is 0 Å². The van der Waals surface area contributed by atoms with Gasteiger partial charge < -0.3 is 24.7 Å². The van der Waals surface area contributed by atoms with Crippen molar-refractivity contribution in [3.63, 3.8) is 0 Å². The first-order chi connectivity index (χ1) is 15.9. The van der Waals surface area contributed by atoms with Crippen molar-refractivity contribution in [3.8, 4) is 28.0 Å². The molecule has 186 valence electrons. The summed E-state index contributed by atoms with van der Waals surface area (Å²) >= 11 is 1.36. The van der Waals surface area contributed by atoms with Crippen molar-refractivity contribution in [2.45, 2.75) is 6.42 Å². The molecule has 5 aromatic carbocycles. The standard InChI is InChI=1S/C28H21O2.2CH3.2ClH.Si.Zr/c29-15-16-30-28-25(14-13-22-19-8-2-1-7-18(19)17-26(22)28)27-23-11-5-3-9-20(23)21-10-4-6-12-24(21)27;;;;;;/h1-14,29H,15-17H2;2*1H3;2*1H;;/q3*-1;;;;. The second-order valence-electron chi connectivity index (χ2n) is 7.84. The molecule has 2 radical (unpaired) electrons. The Morgan fingerprint density at radius 1 is 0.750 bits per heavy atom. The predicted octanol–water partition coefficient (Wildman–Crippen LogP) is 7.68. The number of aliphatic hydroxyl groups is 1. The molecule has 1 aliphatic rings. The van der Waals surface area contributed by atoms with Crippen LogP contribution in [-0.4, -0.2) is 25.2 Å². The van der Waals surface area contributed by atoms with E-state index in [1.807, 2.05) is 0 Å². The van der Waals surface area contributed by atoms with Crippen LogP contribution in [0, 0.1) is 14.9 Å². The van der Waals surface area contributed by atoms with E-state index in [0.717, 1.165) is 17.7 Å². The number of hydrogen-bond donors (Lipinski definition) is 1. The Labute approximate surface area is 243 Å². The average Bonchev–Trinajstić information content (AvgIpc) is 3.40. The zero-order chi connectivity index (χ0) is 22.1. The number of ether oxygens (including phenoxy) is 1. The fourth-order valence-electron chi connectivity index (χ4n) is 5.00. The summed E-state index contributed by atoms with van der Waals surface area (Å²) in [5, 5.41) is 14.5. The van der Waals surface area contributed by atoms with Crippen molar-refractivity contribution in [3.05, 3.63) is 111 Å². The number of rotatable bonds is 4. The molecular weight excluding hydrogens is 583 g/mol. The van der Waals surface area contributed by atoms with E-state index >= 15 is 0 Å². The summed E-state index contributed by atoms with van der Waals surface area (Å²) in [6, 6.07) is 30.2. The van der Waals surface area contributed by atoms with Gasteiger partial charge in [-0.1, -0.05) is 112 Å². The first-order valence-electron chi connectivity index (χ1n) is 10.7. The third-order valence-corrected chi connectivity index (χ3v) is 6.23. The Morgan fingerprint density at radius 3 is 1.92 bits per heavy atom. The van der Waals surface area contributed by atoms with Crippen LogP contribution in [0.15, 0.2) is 84.9 Å². The normalized spacial score (nSPS) is 10.3. The van der Waals surface area contributed by atoms with E-state index in [2.05, 4.69) is 91.8 Å². The van der Waals surface area contributed by atoms with Crippen molar-refractivity contribution in [2.24, 2.45) is 0 Å². The van der Waals surface area contributed by atoms with Crippen LogP contribution in [0.3, 0.4) is 0 Å². The summed E-state index contributed by atoms with van der Waals surface area (Å²) in [5.74, 6) is 0.902. The third-order valence-electron chi connectivity index (χ3n) is 6.23. The van der Waals surface area contributed by atoms with Gasteiger partial charge in [-0.25, -0.2) is 0 Å². The molecule has 0 spiro atoms. The molecule has 0 aliphatic heterocycles. The van der Waals surface area contributed by atoms with E-state index < -0.39 is 0 Å². The maximum absolute atomic E-state index is 9.49. The van der Waals surface area contributed by atoms with E-state index in [9.17, 15) is 5.11 Å². The maximum atomic E-state index is 9.49. The first kappa shape index (κ1) is 32.2. The molecule has 1 aliphatic carbocycles. The van der Waals surface area contributed by atoms with Crippen molar-refractivity contribution in [2.75, 3.05) is 13.2 Å². The zero-order valence-electron chi connectivity index (χ0n) is 20.4. The second kappa shape index (κ2) is 14.2. The Morgan fingerprint density at radius 2 is 1.31 bits per heavy atom. The van der Waals surface area contributed by atoms with Gasteiger partial charge in [0.2, 0.25) is 0 Å². The van der Waals surface area contributed by atoms with Crippen LogP contribution >= 0.6 is 24.8 Å². The van der Waals surface area contributed by atoms with Gasteiger partial charge in [-0.15, -0.1) is 24.8 Å². The molecule has 5 aromatic rings. The summed E-state index contributed by atoms with van der Waals surface area (Å²) in [5.41, 5.74) is 7.39. The van der Waals surface area contributed by atoms with E-state index in [1.165, 1.54) is 72.7 Å². The van der Waals surface area contributed by atoms with Crippen LogP contribution in [0.25, 0.3) is 43.8 Å². The van der Waals surface area contributed by atoms with Gasteiger partial charge in [0.05, 0.1) is 12.4 Å². The van der Waals surface area contributed by atoms with Gasteiger partial charge in [-0.3, -0.25) is 0 Å². The molecule has 0 heterocycles. The molecule has 0 aromatic heterocycles. The van der Waals surface area contributed by atoms with Gasteiger partial charge in [0.15, 0.2) is 0 Å². The monoisotopic (exact) mass is 609 g/mol. The van der Waals surface area contributed by atoms with Crippen molar-refractivity contribution < 1.29 is 33.2 Å². The molecule has 2 nitrogen and oxygen atoms in total. The van der Waals surface area contributed by atoms with Gasteiger partial charge >= 0.3 is 30.2 Å². The van der Waals surface area contributed by atoms with Crippen LogP contribution in [0.5, 0.6) is 5.75 Å². The zero-order valence-corrected chi connectivity index (χ0v) is 25.5. The Balaban J connectivity index is 0.00000106. The van der Waals surface area contributed by atoms with Crippen LogP contribution in [0.2, 0.25) is 0 Å². The SMILES string of the molecule is Cl.Cl.OCCOc1c(-[c-]2c3ccccc3c3ccccc32)ccc2c1Cc1ccccc1-2.[CH3-].[CH3-].[Si]=[Zr]. The number of hydrogen-bond acceptors (Lipinski definition) is 2. The number of halogens is 2. The summed E-state index contributed by atoms with van der Waals surface area (Å²) < 4.78 is 6.23. The fourth-order valence-corrected chi connectivity index (χ4v) is 5.00. The molecule has 6 rings (SSSR count). The fraction of sp³-hybridized carbons (Fsp3) is 0.100. The number of fused-ring (bicyclic) bond motifs is 6. The van der Waals surface area contributed by atoms with Crippen molar-refractivity contribution >= 4 is 53.2 Å². The Hall–Kier alpha value is -1.81. The molecule has 0 unspecified atom stereocenters. The first-order valence-corrected chi connectivity index (χ1v) is 14.8. The van der Waals surface area contributed by atoms with Crippen LogP contribution in [0.1, 0.15) is 11.1 Å². The number of benzene rings is 4. The van der Waals surface area contributed by atoms with Crippen molar-refractivity contribution in [1.82, 2.24) is 0 Å². The molecule has 0 amide bonds. The molecule has 0 saturated heterocycles.